The second-order valence-electron chi connectivity index (χ2n) is 6.67. The summed E-state index contributed by atoms with van der Waals surface area (Å²) in [4.78, 5) is 14.5. The van der Waals surface area contributed by atoms with Crippen molar-refractivity contribution in [1.29, 1.82) is 0 Å². The Morgan fingerprint density at radius 1 is 1.25 bits per heavy atom. The molecule has 1 aliphatic rings. The van der Waals surface area contributed by atoms with Crippen LogP contribution in [-0.2, 0) is 4.79 Å². The third-order valence-electron chi connectivity index (χ3n) is 3.10. The van der Waals surface area contributed by atoms with Crippen LogP contribution in [0.4, 0.5) is 0 Å². The molecule has 1 saturated carbocycles. The van der Waals surface area contributed by atoms with Crippen LogP contribution < -0.4 is 0 Å². The van der Waals surface area contributed by atoms with E-state index in [1.54, 1.807) is 0 Å². The molecule has 1 fully saturated rings. The van der Waals surface area contributed by atoms with Gasteiger partial charge in [-0.15, -0.1) is 0 Å². The van der Waals surface area contributed by atoms with Crippen LogP contribution >= 0.6 is 0 Å². The molecule has 0 radical (unpaired) electrons. The summed E-state index contributed by atoms with van der Waals surface area (Å²) in [6, 6.07) is 0.916. The van der Waals surface area contributed by atoms with Gasteiger partial charge in [0.1, 0.15) is 0 Å². The molecule has 0 unspecified atom stereocenters. The maximum absolute atomic E-state index is 12.4. The fraction of sp³-hybridized carbons (Fsp3) is 0.929. The number of hydrogen-bond donors (Lipinski definition) is 0. The molecule has 16 heavy (non-hydrogen) atoms. The highest BCUT2D eigenvalue weighted by atomic mass is 16.2. The van der Waals surface area contributed by atoms with E-state index >= 15 is 0 Å². The van der Waals surface area contributed by atoms with Gasteiger partial charge >= 0.3 is 0 Å². The SMILES string of the molecule is CC(C)C[C@@H](C)N(C(=O)C(C)(C)C)C1CC1. The second kappa shape index (κ2) is 4.77. The van der Waals surface area contributed by atoms with Crippen LogP contribution in [-0.4, -0.2) is 22.9 Å². The van der Waals surface area contributed by atoms with Gasteiger partial charge in [0.05, 0.1) is 0 Å². The number of carbonyl (C=O) groups excluding carboxylic acids is 1. The molecule has 1 atom stereocenters. The molecular weight excluding hydrogens is 198 g/mol. The predicted molar refractivity (Wildman–Crippen MR) is 68.2 cm³/mol. The Labute approximate surface area is 100 Å². The van der Waals surface area contributed by atoms with E-state index in [-0.39, 0.29) is 5.41 Å². The minimum atomic E-state index is -0.242. The summed E-state index contributed by atoms with van der Waals surface area (Å²) in [5.74, 6) is 0.979. The Morgan fingerprint density at radius 3 is 2.06 bits per heavy atom. The van der Waals surface area contributed by atoms with Crippen LogP contribution in [0.15, 0.2) is 0 Å². The summed E-state index contributed by atoms with van der Waals surface area (Å²) >= 11 is 0. The van der Waals surface area contributed by atoms with E-state index in [2.05, 4.69) is 25.7 Å². The van der Waals surface area contributed by atoms with Gasteiger partial charge in [0, 0.05) is 17.5 Å². The van der Waals surface area contributed by atoms with Crippen molar-refractivity contribution in [2.24, 2.45) is 11.3 Å². The molecule has 1 amide bonds. The molecule has 94 valence electrons. The summed E-state index contributed by atoms with van der Waals surface area (Å²) < 4.78 is 0. The van der Waals surface area contributed by atoms with Crippen LogP contribution in [0.3, 0.4) is 0 Å². The van der Waals surface area contributed by atoms with Crippen LogP contribution in [0.25, 0.3) is 0 Å². The third kappa shape index (κ3) is 3.50. The van der Waals surface area contributed by atoms with E-state index in [9.17, 15) is 4.79 Å². The van der Waals surface area contributed by atoms with Crippen LogP contribution in [0.2, 0.25) is 0 Å². The van der Waals surface area contributed by atoms with Gasteiger partial charge in [-0.3, -0.25) is 4.79 Å². The van der Waals surface area contributed by atoms with E-state index in [1.807, 2.05) is 20.8 Å². The first-order valence-electron chi connectivity index (χ1n) is 6.56. The summed E-state index contributed by atoms with van der Waals surface area (Å²) in [5.41, 5.74) is -0.242. The van der Waals surface area contributed by atoms with Crippen molar-refractivity contribution in [3.8, 4) is 0 Å². The van der Waals surface area contributed by atoms with Crippen LogP contribution in [0, 0.1) is 11.3 Å². The third-order valence-corrected chi connectivity index (χ3v) is 3.10. The highest BCUT2D eigenvalue weighted by molar-refractivity contribution is 5.82. The number of carbonyl (C=O) groups is 1. The standard InChI is InChI=1S/C14H27NO/c1-10(2)9-11(3)15(12-7-8-12)13(16)14(4,5)6/h10-12H,7-9H2,1-6H3/t11-/m1/s1. The monoisotopic (exact) mass is 225 g/mol. The van der Waals surface area contributed by atoms with Gasteiger partial charge < -0.3 is 4.90 Å². The van der Waals surface area contributed by atoms with Gasteiger partial charge in [-0.1, -0.05) is 34.6 Å². The molecule has 0 heterocycles. The fourth-order valence-electron chi connectivity index (χ4n) is 2.26. The zero-order chi connectivity index (χ0) is 12.5. The second-order valence-corrected chi connectivity index (χ2v) is 6.67. The van der Waals surface area contributed by atoms with E-state index in [0.29, 0.717) is 23.9 Å². The minimum Gasteiger partial charge on any atom is -0.337 e. The normalized spacial score (nSPS) is 18.7. The Kier molecular flexibility index (Phi) is 4.03. The van der Waals surface area contributed by atoms with Gasteiger partial charge in [0.15, 0.2) is 0 Å². The lowest BCUT2D eigenvalue weighted by molar-refractivity contribution is -0.142. The van der Waals surface area contributed by atoms with Crippen molar-refractivity contribution in [2.45, 2.75) is 72.9 Å². The molecule has 0 aromatic carbocycles. The highest BCUT2D eigenvalue weighted by Gasteiger charge is 2.39. The molecule has 2 nitrogen and oxygen atoms in total. The van der Waals surface area contributed by atoms with Gasteiger partial charge in [0.2, 0.25) is 5.91 Å². The lowest BCUT2D eigenvalue weighted by atomic mass is 9.92. The van der Waals surface area contributed by atoms with Crippen LogP contribution in [0.1, 0.15) is 60.8 Å². The molecule has 0 N–H and O–H groups in total. The van der Waals surface area contributed by atoms with Gasteiger partial charge in [-0.25, -0.2) is 0 Å². The molecule has 1 rings (SSSR count). The Bertz CT molecular complexity index is 248. The fourth-order valence-corrected chi connectivity index (χ4v) is 2.26. The van der Waals surface area contributed by atoms with E-state index in [0.717, 1.165) is 6.42 Å². The van der Waals surface area contributed by atoms with Gasteiger partial charge in [0.25, 0.3) is 0 Å². The molecule has 0 spiro atoms. The highest BCUT2D eigenvalue weighted by Crippen LogP contribution is 2.34. The summed E-state index contributed by atoms with van der Waals surface area (Å²) in [6.45, 7) is 12.7. The van der Waals surface area contributed by atoms with Crippen molar-refractivity contribution < 1.29 is 4.79 Å². The van der Waals surface area contributed by atoms with Crippen molar-refractivity contribution in [2.75, 3.05) is 0 Å². The van der Waals surface area contributed by atoms with Crippen molar-refractivity contribution in [1.82, 2.24) is 4.90 Å². The quantitative estimate of drug-likeness (QED) is 0.717. The zero-order valence-corrected chi connectivity index (χ0v) is 11.7. The maximum Gasteiger partial charge on any atom is 0.228 e. The first-order valence-corrected chi connectivity index (χ1v) is 6.56. The van der Waals surface area contributed by atoms with Gasteiger partial charge in [-0.05, 0) is 32.1 Å². The molecule has 2 heteroatoms. The summed E-state index contributed by atoms with van der Waals surface area (Å²) in [7, 11) is 0. The Hall–Kier alpha value is -0.530. The molecule has 1 aliphatic carbocycles. The molecule has 0 aliphatic heterocycles. The topological polar surface area (TPSA) is 20.3 Å². The molecule has 0 saturated heterocycles. The number of nitrogens with zero attached hydrogens (tertiary/aromatic N) is 1. The average Bonchev–Trinajstić information content (AvgIpc) is 2.84. The van der Waals surface area contributed by atoms with E-state index < -0.39 is 0 Å². The summed E-state index contributed by atoms with van der Waals surface area (Å²) in [6.07, 6.45) is 3.51. The Balaban J connectivity index is 2.71. The molecule has 0 aromatic rings. The minimum absolute atomic E-state index is 0.242. The largest absolute Gasteiger partial charge is 0.337 e. The molecule has 0 bridgehead atoms. The average molecular weight is 225 g/mol. The van der Waals surface area contributed by atoms with E-state index in [1.165, 1.54) is 12.8 Å². The van der Waals surface area contributed by atoms with Crippen molar-refractivity contribution in [3.05, 3.63) is 0 Å². The zero-order valence-electron chi connectivity index (χ0n) is 11.7. The predicted octanol–water partition coefficient (Wildman–Crippen LogP) is 3.46. The lowest BCUT2D eigenvalue weighted by Gasteiger charge is -2.35. The smallest absolute Gasteiger partial charge is 0.228 e. The molecule has 0 aromatic heterocycles. The number of rotatable bonds is 4. The van der Waals surface area contributed by atoms with Crippen LogP contribution in [0.5, 0.6) is 0 Å². The summed E-state index contributed by atoms with van der Waals surface area (Å²) in [5, 5.41) is 0. The molecular formula is C14H27NO. The van der Waals surface area contributed by atoms with Gasteiger partial charge in [-0.2, -0.15) is 0 Å². The lowest BCUT2D eigenvalue weighted by Crippen LogP contribution is -2.46. The maximum atomic E-state index is 12.4. The number of hydrogen-bond acceptors (Lipinski definition) is 1. The number of amides is 1. The van der Waals surface area contributed by atoms with Crippen molar-refractivity contribution >= 4 is 5.91 Å². The first kappa shape index (κ1) is 13.5. The van der Waals surface area contributed by atoms with E-state index in [4.69, 9.17) is 0 Å². The Morgan fingerprint density at radius 2 is 1.75 bits per heavy atom. The first-order chi connectivity index (χ1) is 7.23. The van der Waals surface area contributed by atoms with Crippen molar-refractivity contribution in [3.63, 3.8) is 0 Å².